The van der Waals surface area contributed by atoms with Gasteiger partial charge < -0.3 is 4.40 Å². The Morgan fingerprint density at radius 3 is 2.58 bits per heavy atom. The van der Waals surface area contributed by atoms with E-state index < -0.39 is 0 Å². The number of fused-ring (bicyclic) bond motifs is 2. The van der Waals surface area contributed by atoms with Crippen LogP contribution in [0.2, 0.25) is 0 Å². The number of aromatic nitrogens is 2. The maximum atomic E-state index is 4.56. The summed E-state index contributed by atoms with van der Waals surface area (Å²) in [6.45, 7) is 0. The average Bonchev–Trinajstić information content (AvgIpc) is 2.90. The predicted octanol–water partition coefficient (Wildman–Crippen LogP) is 4.15. The van der Waals surface area contributed by atoms with Gasteiger partial charge in [0.2, 0.25) is 0 Å². The first kappa shape index (κ1) is 10.3. The number of rotatable bonds is 1. The molecule has 0 saturated heterocycles. The van der Waals surface area contributed by atoms with Crippen molar-refractivity contribution in [2.45, 2.75) is 0 Å². The lowest BCUT2D eigenvalue weighted by Gasteiger charge is -2.00. The smallest absolute Gasteiger partial charge is 0.0723 e. The number of pyridine rings is 2. The van der Waals surface area contributed by atoms with Gasteiger partial charge in [-0.3, -0.25) is 4.98 Å². The lowest BCUT2D eigenvalue weighted by atomic mass is 10.1. The molecule has 0 unspecified atom stereocenters. The standard InChI is InChI=1S/C17H12N2/c1-2-6-14-11-18-17(10-13(14)5-1)15-9-16-7-3-4-8-19(16)12-15/h1-12H. The predicted molar refractivity (Wildman–Crippen MR) is 78.1 cm³/mol. The van der Waals surface area contributed by atoms with Crippen molar-refractivity contribution in [3.63, 3.8) is 0 Å². The van der Waals surface area contributed by atoms with E-state index in [4.69, 9.17) is 0 Å². The maximum Gasteiger partial charge on any atom is 0.0723 e. The minimum absolute atomic E-state index is 1.02. The topological polar surface area (TPSA) is 17.3 Å². The van der Waals surface area contributed by atoms with Crippen molar-refractivity contribution < 1.29 is 0 Å². The van der Waals surface area contributed by atoms with Crippen LogP contribution in [0.1, 0.15) is 0 Å². The van der Waals surface area contributed by atoms with Crippen LogP contribution in [0.4, 0.5) is 0 Å². The van der Waals surface area contributed by atoms with Gasteiger partial charge in [-0.1, -0.05) is 30.3 Å². The first-order valence-corrected chi connectivity index (χ1v) is 6.32. The molecule has 90 valence electrons. The minimum Gasteiger partial charge on any atom is -0.323 e. The van der Waals surface area contributed by atoms with Crippen molar-refractivity contribution in [1.82, 2.24) is 9.38 Å². The molecule has 2 nitrogen and oxygen atoms in total. The zero-order chi connectivity index (χ0) is 12.7. The molecule has 3 aromatic heterocycles. The SMILES string of the molecule is c1ccc2cc(-c3cc4ccccn4c3)ncc2c1. The third-order valence-corrected chi connectivity index (χ3v) is 3.43. The molecule has 0 aliphatic rings. The molecule has 0 spiro atoms. The fourth-order valence-corrected chi connectivity index (χ4v) is 2.44. The highest BCUT2D eigenvalue weighted by Crippen LogP contribution is 2.24. The van der Waals surface area contributed by atoms with Crippen LogP contribution in [0.3, 0.4) is 0 Å². The number of hydrogen-bond donors (Lipinski definition) is 0. The van der Waals surface area contributed by atoms with Crippen LogP contribution < -0.4 is 0 Å². The van der Waals surface area contributed by atoms with E-state index in [1.165, 1.54) is 16.3 Å². The van der Waals surface area contributed by atoms with E-state index in [1.807, 2.05) is 24.4 Å². The van der Waals surface area contributed by atoms with Gasteiger partial charge in [-0.2, -0.15) is 0 Å². The summed E-state index contributed by atoms with van der Waals surface area (Å²) in [6, 6.07) is 18.8. The molecule has 0 saturated carbocycles. The normalized spacial score (nSPS) is 11.2. The fourth-order valence-electron chi connectivity index (χ4n) is 2.44. The Kier molecular flexibility index (Phi) is 2.15. The molecule has 0 N–H and O–H groups in total. The molecule has 19 heavy (non-hydrogen) atoms. The Morgan fingerprint density at radius 1 is 0.842 bits per heavy atom. The van der Waals surface area contributed by atoms with Crippen molar-refractivity contribution in [1.29, 1.82) is 0 Å². The summed E-state index contributed by atoms with van der Waals surface area (Å²) in [6.07, 6.45) is 6.11. The van der Waals surface area contributed by atoms with Gasteiger partial charge in [0.15, 0.2) is 0 Å². The van der Waals surface area contributed by atoms with Crippen molar-refractivity contribution in [3.8, 4) is 11.3 Å². The van der Waals surface area contributed by atoms with Gasteiger partial charge in [-0.25, -0.2) is 0 Å². The first-order chi connectivity index (χ1) is 9.40. The lowest BCUT2D eigenvalue weighted by molar-refractivity contribution is 1.20. The third kappa shape index (κ3) is 1.69. The summed E-state index contributed by atoms with van der Waals surface area (Å²) in [5.41, 5.74) is 3.35. The number of hydrogen-bond acceptors (Lipinski definition) is 1. The van der Waals surface area contributed by atoms with Crippen molar-refractivity contribution in [2.75, 3.05) is 0 Å². The number of benzene rings is 1. The maximum absolute atomic E-state index is 4.56. The van der Waals surface area contributed by atoms with E-state index in [9.17, 15) is 0 Å². The molecule has 3 heterocycles. The molecular weight excluding hydrogens is 232 g/mol. The zero-order valence-corrected chi connectivity index (χ0v) is 10.3. The van der Waals surface area contributed by atoms with Gasteiger partial charge in [0, 0.05) is 35.1 Å². The molecule has 0 bridgehead atoms. The summed E-state index contributed by atoms with van der Waals surface area (Å²) >= 11 is 0. The minimum atomic E-state index is 1.02. The van der Waals surface area contributed by atoms with Gasteiger partial charge in [0.05, 0.1) is 5.69 Å². The van der Waals surface area contributed by atoms with Gasteiger partial charge >= 0.3 is 0 Å². The van der Waals surface area contributed by atoms with E-state index in [-0.39, 0.29) is 0 Å². The average molecular weight is 244 g/mol. The van der Waals surface area contributed by atoms with E-state index in [0.29, 0.717) is 0 Å². The highest BCUT2D eigenvalue weighted by atomic mass is 14.9. The van der Waals surface area contributed by atoms with Gasteiger partial charge in [0.1, 0.15) is 0 Å². The second kappa shape index (κ2) is 3.95. The van der Waals surface area contributed by atoms with Crippen LogP contribution in [-0.4, -0.2) is 9.38 Å². The van der Waals surface area contributed by atoms with E-state index in [1.54, 1.807) is 0 Å². The van der Waals surface area contributed by atoms with Crippen LogP contribution in [0, 0.1) is 0 Å². The molecule has 2 heteroatoms. The highest BCUT2D eigenvalue weighted by molar-refractivity contribution is 5.85. The molecule has 0 radical (unpaired) electrons. The molecule has 0 fully saturated rings. The second-order valence-electron chi connectivity index (χ2n) is 4.68. The summed E-state index contributed by atoms with van der Waals surface area (Å²) in [7, 11) is 0. The summed E-state index contributed by atoms with van der Waals surface area (Å²) in [5.74, 6) is 0. The zero-order valence-electron chi connectivity index (χ0n) is 10.3. The van der Waals surface area contributed by atoms with Crippen LogP contribution in [0.15, 0.2) is 73.2 Å². The van der Waals surface area contributed by atoms with Crippen LogP contribution in [0.5, 0.6) is 0 Å². The summed E-state index contributed by atoms with van der Waals surface area (Å²) in [5, 5.41) is 2.40. The van der Waals surface area contributed by atoms with Crippen molar-refractivity contribution >= 4 is 16.3 Å². The molecule has 0 atom stereocenters. The molecule has 4 aromatic rings. The lowest BCUT2D eigenvalue weighted by Crippen LogP contribution is -1.82. The highest BCUT2D eigenvalue weighted by Gasteiger charge is 2.04. The third-order valence-electron chi connectivity index (χ3n) is 3.43. The fraction of sp³-hybridized carbons (Fsp3) is 0. The quantitative estimate of drug-likeness (QED) is 0.491. The second-order valence-corrected chi connectivity index (χ2v) is 4.68. The largest absolute Gasteiger partial charge is 0.323 e. The van der Waals surface area contributed by atoms with Crippen LogP contribution in [-0.2, 0) is 0 Å². The molecule has 0 amide bonds. The van der Waals surface area contributed by atoms with E-state index in [0.717, 1.165) is 11.3 Å². The van der Waals surface area contributed by atoms with E-state index in [2.05, 4.69) is 58.2 Å². The Hall–Kier alpha value is -2.61. The molecule has 0 aliphatic carbocycles. The number of nitrogens with zero attached hydrogens (tertiary/aromatic N) is 2. The molecule has 1 aromatic carbocycles. The summed E-state index contributed by atoms with van der Waals surface area (Å²) < 4.78 is 2.12. The monoisotopic (exact) mass is 244 g/mol. The molecule has 4 rings (SSSR count). The van der Waals surface area contributed by atoms with Crippen molar-refractivity contribution in [2.24, 2.45) is 0 Å². The Bertz CT molecular complexity index is 841. The van der Waals surface area contributed by atoms with E-state index >= 15 is 0 Å². The van der Waals surface area contributed by atoms with Crippen molar-refractivity contribution in [3.05, 3.63) is 73.2 Å². The summed E-state index contributed by atoms with van der Waals surface area (Å²) in [4.78, 5) is 4.56. The molecular formula is C17H12N2. The first-order valence-electron chi connectivity index (χ1n) is 6.32. The molecule has 0 aliphatic heterocycles. The van der Waals surface area contributed by atoms with Gasteiger partial charge in [-0.15, -0.1) is 0 Å². The Morgan fingerprint density at radius 2 is 1.68 bits per heavy atom. The Balaban J connectivity index is 1.93. The Labute approximate surface area is 111 Å². The van der Waals surface area contributed by atoms with Crippen LogP contribution >= 0.6 is 0 Å². The van der Waals surface area contributed by atoms with Gasteiger partial charge in [0.25, 0.3) is 0 Å². The van der Waals surface area contributed by atoms with Crippen LogP contribution in [0.25, 0.3) is 27.5 Å². The van der Waals surface area contributed by atoms with Gasteiger partial charge in [-0.05, 0) is 29.7 Å².